The molecule has 4 nitrogen and oxygen atoms in total. The van der Waals surface area contributed by atoms with E-state index in [1.807, 2.05) is 54.6 Å². The van der Waals surface area contributed by atoms with Crippen molar-refractivity contribution in [3.63, 3.8) is 0 Å². The van der Waals surface area contributed by atoms with Crippen molar-refractivity contribution in [2.24, 2.45) is 0 Å². The van der Waals surface area contributed by atoms with Crippen molar-refractivity contribution < 1.29 is 9.84 Å². The highest BCUT2D eigenvalue weighted by molar-refractivity contribution is 6.30. The first-order valence-electron chi connectivity index (χ1n) is 8.73. The van der Waals surface area contributed by atoms with Crippen LogP contribution in [0.4, 0.5) is 0 Å². The van der Waals surface area contributed by atoms with Gasteiger partial charge in [-0.2, -0.15) is 0 Å². The smallest absolute Gasteiger partial charge is 0.201 e. The molecule has 3 rings (SSSR count). The number of ether oxygens (including phenoxy) is 1. The number of halogens is 1. The Labute approximate surface area is 163 Å². The van der Waals surface area contributed by atoms with E-state index in [4.69, 9.17) is 16.3 Å². The molecule has 0 aliphatic carbocycles. The van der Waals surface area contributed by atoms with Gasteiger partial charge in [-0.3, -0.25) is 4.79 Å². The number of aromatic nitrogens is 1. The molecule has 2 aromatic carbocycles. The fraction of sp³-hybridized carbons (Fsp3) is 0.227. The molecule has 0 bridgehead atoms. The number of H-pyrrole nitrogens is 1. The van der Waals surface area contributed by atoms with Crippen molar-refractivity contribution in [3.05, 3.63) is 98.3 Å². The number of aliphatic hydroxyl groups is 1. The lowest BCUT2D eigenvalue weighted by Crippen LogP contribution is -2.27. The fourth-order valence-electron chi connectivity index (χ4n) is 2.92. The van der Waals surface area contributed by atoms with Gasteiger partial charge in [0, 0.05) is 23.2 Å². The summed E-state index contributed by atoms with van der Waals surface area (Å²) in [6, 6.07) is 18.6. The zero-order chi connectivity index (χ0) is 19.4. The number of nitrogens with one attached hydrogen (secondary N) is 1. The van der Waals surface area contributed by atoms with Gasteiger partial charge in [0.1, 0.15) is 6.61 Å². The molecule has 0 radical (unpaired) electrons. The van der Waals surface area contributed by atoms with Crippen molar-refractivity contribution in [1.82, 2.24) is 4.98 Å². The largest absolute Gasteiger partial charge is 0.474 e. The summed E-state index contributed by atoms with van der Waals surface area (Å²) in [5.74, 6) is 0.294. The molecule has 0 spiro atoms. The third-order valence-electron chi connectivity index (χ3n) is 4.20. The van der Waals surface area contributed by atoms with Crippen LogP contribution >= 0.6 is 11.6 Å². The number of pyridine rings is 1. The normalized spacial score (nSPS) is 11.4. The summed E-state index contributed by atoms with van der Waals surface area (Å²) in [4.78, 5) is 15.9. The molecule has 5 heteroatoms. The van der Waals surface area contributed by atoms with Gasteiger partial charge in [-0.15, -0.1) is 0 Å². The van der Waals surface area contributed by atoms with E-state index >= 15 is 0 Å². The average Bonchev–Trinajstić information content (AvgIpc) is 2.61. The molecular weight excluding hydrogens is 362 g/mol. The molecule has 0 amide bonds. The Bertz CT molecular complexity index is 958. The maximum Gasteiger partial charge on any atom is 0.201 e. The zero-order valence-electron chi connectivity index (χ0n) is 15.3. The molecule has 140 valence electrons. The summed E-state index contributed by atoms with van der Waals surface area (Å²) in [5, 5.41) is 11.1. The molecule has 3 aromatic rings. The Kier molecular flexibility index (Phi) is 5.68. The van der Waals surface area contributed by atoms with Crippen molar-refractivity contribution in [3.8, 4) is 5.88 Å². The van der Waals surface area contributed by atoms with Crippen LogP contribution in [0, 0.1) is 0 Å². The highest BCUT2D eigenvalue weighted by Crippen LogP contribution is 2.26. The van der Waals surface area contributed by atoms with Gasteiger partial charge in [0.05, 0.1) is 11.2 Å². The molecule has 0 saturated carbocycles. The Balaban J connectivity index is 1.93. The first-order valence-corrected chi connectivity index (χ1v) is 9.11. The molecule has 0 unspecified atom stereocenters. The van der Waals surface area contributed by atoms with E-state index in [1.54, 1.807) is 13.8 Å². The third-order valence-corrected chi connectivity index (χ3v) is 4.45. The van der Waals surface area contributed by atoms with Gasteiger partial charge in [0.25, 0.3) is 0 Å². The van der Waals surface area contributed by atoms with Gasteiger partial charge in [0.2, 0.25) is 5.88 Å². The van der Waals surface area contributed by atoms with E-state index in [1.165, 1.54) is 6.07 Å². The zero-order valence-corrected chi connectivity index (χ0v) is 16.1. The van der Waals surface area contributed by atoms with E-state index in [0.29, 0.717) is 29.6 Å². The van der Waals surface area contributed by atoms with Crippen molar-refractivity contribution >= 4 is 11.6 Å². The molecule has 0 atom stereocenters. The molecule has 27 heavy (non-hydrogen) atoms. The van der Waals surface area contributed by atoms with Crippen LogP contribution < -0.4 is 10.2 Å². The molecule has 2 N–H and O–H groups in total. The van der Waals surface area contributed by atoms with Crippen molar-refractivity contribution in [1.29, 1.82) is 0 Å². The van der Waals surface area contributed by atoms with Crippen LogP contribution in [0.25, 0.3) is 0 Å². The first kappa shape index (κ1) is 19.2. The number of aromatic amines is 1. The summed E-state index contributed by atoms with van der Waals surface area (Å²) >= 11 is 5.93. The van der Waals surface area contributed by atoms with Crippen LogP contribution in [0.3, 0.4) is 0 Å². The van der Waals surface area contributed by atoms with Crippen molar-refractivity contribution in [2.45, 2.75) is 32.5 Å². The van der Waals surface area contributed by atoms with Gasteiger partial charge >= 0.3 is 0 Å². The number of rotatable bonds is 6. The minimum atomic E-state index is -1.32. The van der Waals surface area contributed by atoms with Gasteiger partial charge < -0.3 is 14.8 Å². The van der Waals surface area contributed by atoms with Crippen LogP contribution in [0.5, 0.6) is 5.88 Å². The van der Waals surface area contributed by atoms with Gasteiger partial charge in [-0.1, -0.05) is 54.1 Å². The SMILES string of the molecule is CC(C)(O)c1c(OCc2ccccc2)[nH]c(Cc2ccc(Cl)cc2)cc1=O. The topological polar surface area (TPSA) is 62.3 Å². The molecule has 0 aliphatic heterocycles. The minimum Gasteiger partial charge on any atom is -0.474 e. The molecule has 0 fully saturated rings. The summed E-state index contributed by atoms with van der Waals surface area (Å²) in [6.07, 6.45) is 0.528. The lowest BCUT2D eigenvalue weighted by molar-refractivity contribution is 0.0722. The lowest BCUT2D eigenvalue weighted by Gasteiger charge is -2.21. The van der Waals surface area contributed by atoms with Gasteiger partial charge in [-0.05, 0) is 37.1 Å². The molecule has 0 saturated heterocycles. The number of hydrogen-bond donors (Lipinski definition) is 2. The van der Waals surface area contributed by atoms with Gasteiger partial charge in [0.15, 0.2) is 5.43 Å². The summed E-state index contributed by atoms with van der Waals surface area (Å²) < 4.78 is 5.89. The molecule has 0 aliphatic rings. The predicted molar refractivity (Wildman–Crippen MR) is 107 cm³/mol. The van der Waals surface area contributed by atoms with E-state index in [9.17, 15) is 9.90 Å². The molecule has 1 aromatic heterocycles. The summed E-state index contributed by atoms with van der Waals surface area (Å²) in [6.45, 7) is 3.45. The summed E-state index contributed by atoms with van der Waals surface area (Å²) in [5.41, 5.74) is 1.34. The van der Waals surface area contributed by atoms with E-state index in [-0.39, 0.29) is 11.0 Å². The maximum absolute atomic E-state index is 12.7. The van der Waals surface area contributed by atoms with Crippen LogP contribution in [0.1, 0.15) is 36.2 Å². The highest BCUT2D eigenvalue weighted by atomic mass is 35.5. The fourth-order valence-corrected chi connectivity index (χ4v) is 3.05. The Morgan fingerprint density at radius 3 is 2.33 bits per heavy atom. The van der Waals surface area contributed by atoms with Crippen LogP contribution in [-0.2, 0) is 18.6 Å². The van der Waals surface area contributed by atoms with E-state index in [0.717, 1.165) is 11.1 Å². The Hall–Kier alpha value is -2.56. The molecular formula is C22H22ClNO3. The van der Waals surface area contributed by atoms with Crippen molar-refractivity contribution in [2.75, 3.05) is 0 Å². The summed E-state index contributed by atoms with van der Waals surface area (Å²) in [7, 11) is 0. The Morgan fingerprint density at radius 1 is 1.04 bits per heavy atom. The number of hydrogen-bond acceptors (Lipinski definition) is 3. The first-order chi connectivity index (χ1) is 12.8. The maximum atomic E-state index is 12.7. The van der Waals surface area contributed by atoms with E-state index < -0.39 is 5.60 Å². The quantitative estimate of drug-likeness (QED) is 0.662. The Morgan fingerprint density at radius 2 is 1.70 bits per heavy atom. The van der Waals surface area contributed by atoms with Gasteiger partial charge in [-0.25, -0.2) is 0 Å². The van der Waals surface area contributed by atoms with Crippen LogP contribution in [-0.4, -0.2) is 10.1 Å². The minimum absolute atomic E-state index is 0.221. The standard InChI is InChI=1S/C22H22ClNO3/c1-22(2,26)20-19(25)13-18(12-15-8-10-17(23)11-9-15)24-21(20)27-14-16-6-4-3-5-7-16/h3-11,13,26H,12,14H2,1-2H3,(H,24,25). The second kappa shape index (κ2) is 7.99. The number of benzene rings is 2. The monoisotopic (exact) mass is 383 g/mol. The van der Waals surface area contributed by atoms with Crippen LogP contribution in [0.2, 0.25) is 5.02 Å². The average molecular weight is 384 g/mol. The predicted octanol–water partition coefficient (Wildman–Crippen LogP) is 4.43. The molecule has 1 heterocycles. The van der Waals surface area contributed by atoms with Crippen LogP contribution in [0.15, 0.2) is 65.5 Å². The second-order valence-electron chi connectivity index (χ2n) is 7.00. The third kappa shape index (κ3) is 5.00. The second-order valence-corrected chi connectivity index (χ2v) is 7.44. The highest BCUT2D eigenvalue weighted by Gasteiger charge is 2.26. The van der Waals surface area contributed by atoms with E-state index in [2.05, 4.69) is 4.98 Å². The lowest BCUT2D eigenvalue weighted by atomic mass is 9.98.